The number of halogens is 1. The molecule has 0 bridgehead atoms. The van der Waals surface area contributed by atoms with E-state index in [-0.39, 0.29) is 5.41 Å². The van der Waals surface area contributed by atoms with Gasteiger partial charge in [-0.15, -0.1) is 0 Å². The van der Waals surface area contributed by atoms with Crippen molar-refractivity contribution in [1.82, 2.24) is 0 Å². The molecule has 0 heterocycles. The standard InChI is InChI=1S/C12H15FN2O2/c1-11(2,14)12(5-6-12)8-3-4-9(13)10(7-8)15(16)17/h3-4,7H,5-6,14H2,1-2H3. The fourth-order valence-electron chi connectivity index (χ4n) is 2.38. The quantitative estimate of drug-likeness (QED) is 0.649. The molecule has 1 fully saturated rings. The summed E-state index contributed by atoms with van der Waals surface area (Å²) in [6.45, 7) is 3.80. The average molecular weight is 238 g/mol. The molecule has 0 spiro atoms. The summed E-state index contributed by atoms with van der Waals surface area (Å²) in [5.74, 6) is -0.802. The second kappa shape index (κ2) is 3.50. The lowest BCUT2D eigenvalue weighted by molar-refractivity contribution is -0.387. The second-order valence-electron chi connectivity index (χ2n) is 5.23. The summed E-state index contributed by atoms with van der Waals surface area (Å²) >= 11 is 0. The van der Waals surface area contributed by atoms with E-state index in [0.717, 1.165) is 24.5 Å². The van der Waals surface area contributed by atoms with E-state index in [1.165, 1.54) is 6.07 Å². The number of nitro benzene ring substituents is 1. The molecule has 2 N–H and O–H groups in total. The van der Waals surface area contributed by atoms with Gasteiger partial charge in [-0.25, -0.2) is 0 Å². The number of rotatable bonds is 3. The molecule has 4 nitrogen and oxygen atoms in total. The van der Waals surface area contributed by atoms with Gasteiger partial charge in [0.25, 0.3) is 0 Å². The molecular weight excluding hydrogens is 223 g/mol. The Bertz CT molecular complexity index is 476. The van der Waals surface area contributed by atoms with Crippen LogP contribution in [0.4, 0.5) is 10.1 Å². The van der Waals surface area contributed by atoms with E-state index in [9.17, 15) is 14.5 Å². The Morgan fingerprint density at radius 1 is 1.47 bits per heavy atom. The van der Waals surface area contributed by atoms with Crippen LogP contribution in [-0.4, -0.2) is 10.5 Å². The molecule has 0 aromatic heterocycles. The van der Waals surface area contributed by atoms with E-state index >= 15 is 0 Å². The molecule has 0 atom stereocenters. The van der Waals surface area contributed by atoms with Crippen LogP contribution >= 0.6 is 0 Å². The molecule has 1 aliphatic carbocycles. The predicted octanol–water partition coefficient (Wildman–Crippen LogP) is 2.50. The Labute approximate surface area is 98.8 Å². The first-order chi connectivity index (χ1) is 7.78. The van der Waals surface area contributed by atoms with E-state index in [1.54, 1.807) is 6.07 Å². The van der Waals surface area contributed by atoms with Crippen LogP contribution in [0.2, 0.25) is 0 Å². The van der Waals surface area contributed by atoms with Crippen molar-refractivity contribution in [3.05, 3.63) is 39.7 Å². The zero-order chi connectivity index (χ0) is 12.8. The third-order valence-electron chi connectivity index (χ3n) is 3.68. The smallest absolute Gasteiger partial charge is 0.305 e. The predicted molar refractivity (Wildman–Crippen MR) is 62.2 cm³/mol. The van der Waals surface area contributed by atoms with E-state index < -0.39 is 22.0 Å². The van der Waals surface area contributed by atoms with Crippen molar-refractivity contribution in [3.63, 3.8) is 0 Å². The fourth-order valence-corrected chi connectivity index (χ4v) is 2.38. The Morgan fingerprint density at radius 2 is 2.06 bits per heavy atom. The van der Waals surface area contributed by atoms with Gasteiger partial charge in [-0.3, -0.25) is 10.1 Å². The highest BCUT2D eigenvalue weighted by molar-refractivity contribution is 5.44. The molecule has 17 heavy (non-hydrogen) atoms. The average Bonchev–Trinajstić information content (AvgIpc) is 2.97. The highest BCUT2D eigenvalue weighted by Crippen LogP contribution is 2.55. The largest absolute Gasteiger partial charge is 0.325 e. The number of nitrogens with zero attached hydrogens (tertiary/aromatic N) is 1. The van der Waals surface area contributed by atoms with Gasteiger partial charge in [0.15, 0.2) is 0 Å². The minimum absolute atomic E-state index is 0.245. The van der Waals surface area contributed by atoms with Gasteiger partial charge in [-0.2, -0.15) is 4.39 Å². The maximum Gasteiger partial charge on any atom is 0.305 e. The summed E-state index contributed by atoms with van der Waals surface area (Å²) in [6, 6.07) is 4.07. The van der Waals surface area contributed by atoms with E-state index in [2.05, 4.69) is 0 Å². The number of benzene rings is 1. The van der Waals surface area contributed by atoms with Gasteiger partial charge >= 0.3 is 5.69 Å². The summed E-state index contributed by atoms with van der Waals surface area (Å²) in [6.07, 6.45) is 1.78. The minimum atomic E-state index is -0.802. The molecule has 0 saturated heterocycles. The minimum Gasteiger partial charge on any atom is -0.325 e. The van der Waals surface area contributed by atoms with Crippen molar-refractivity contribution in [3.8, 4) is 0 Å². The van der Waals surface area contributed by atoms with E-state index in [0.29, 0.717) is 0 Å². The number of nitrogens with two attached hydrogens (primary N) is 1. The molecule has 92 valence electrons. The van der Waals surface area contributed by atoms with Gasteiger partial charge in [0.2, 0.25) is 5.82 Å². The lowest BCUT2D eigenvalue weighted by Gasteiger charge is -2.31. The van der Waals surface area contributed by atoms with Gasteiger partial charge in [0.1, 0.15) is 0 Å². The van der Waals surface area contributed by atoms with Crippen LogP contribution < -0.4 is 5.73 Å². The summed E-state index contributed by atoms with van der Waals surface area (Å²) in [5.41, 5.74) is 5.69. The van der Waals surface area contributed by atoms with Crippen molar-refractivity contribution >= 4 is 5.69 Å². The Hall–Kier alpha value is -1.49. The highest BCUT2D eigenvalue weighted by Gasteiger charge is 2.54. The lowest BCUT2D eigenvalue weighted by atomic mass is 9.79. The van der Waals surface area contributed by atoms with Crippen LogP contribution in [0.15, 0.2) is 18.2 Å². The molecule has 0 unspecified atom stereocenters. The number of hydrogen-bond donors (Lipinski definition) is 1. The van der Waals surface area contributed by atoms with Crippen LogP contribution in [0.3, 0.4) is 0 Å². The van der Waals surface area contributed by atoms with Crippen LogP contribution in [0, 0.1) is 15.9 Å². The van der Waals surface area contributed by atoms with Crippen molar-refractivity contribution in [2.24, 2.45) is 5.73 Å². The second-order valence-corrected chi connectivity index (χ2v) is 5.23. The Balaban J connectivity index is 2.48. The van der Waals surface area contributed by atoms with Gasteiger partial charge in [-0.05, 0) is 38.3 Å². The first-order valence-corrected chi connectivity index (χ1v) is 5.51. The molecule has 0 amide bonds. The summed E-state index contributed by atoms with van der Waals surface area (Å²) in [5, 5.41) is 10.7. The summed E-state index contributed by atoms with van der Waals surface area (Å²) < 4.78 is 13.3. The lowest BCUT2D eigenvalue weighted by Crippen LogP contribution is -2.45. The zero-order valence-corrected chi connectivity index (χ0v) is 9.87. The topological polar surface area (TPSA) is 69.2 Å². The highest BCUT2D eigenvalue weighted by atomic mass is 19.1. The van der Waals surface area contributed by atoms with Crippen molar-refractivity contribution in [1.29, 1.82) is 0 Å². The molecule has 0 aliphatic heterocycles. The van der Waals surface area contributed by atoms with E-state index in [4.69, 9.17) is 5.73 Å². The normalized spacial score (nSPS) is 17.9. The monoisotopic (exact) mass is 238 g/mol. The van der Waals surface area contributed by atoms with Crippen LogP contribution in [0.5, 0.6) is 0 Å². The molecule has 5 heteroatoms. The SMILES string of the molecule is CC(C)(N)C1(c2ccc(F)c([N+](=O)[O-])c2)CC1. The zero-order valence-electron chi connectivity index (χ0n) is 9.87. The molecule has 0 radical (unpaired) electrons. The van der Waals surface area contributed by atoms with Crippen molar-refractivity contribution < 1.29 is 9.31 Å². The van der Waals surface area contributed by atoms with Gasteiger partial charge < -0.3 is 5.73 Å². The van der Waals surface area contributed by atoms with Gasteiger partial charge in [0, 0.05) is 17.0 Å². The van der Waals surface area contributed by atoms with Crippen molar-refractivity contribution in [2.45, 2.75) is 37.6 Å². The summed E-state index contributed by atoms with van der Waals surface area (Å²) in [4.78, 5) is 10.0. The number of nitro groups is 1. The molecular formula is C12H15FN2O2. The maximum absolute atomic E-state index is 13.3. The maximum atomic E-state index is 13.3. The third-order valence-corrected chi connectivity index (χ3v) is 3.68. The van der Waals surface area contributed by atoms with Crippen LogP contribution in [-0.2, 0) is 5.41 Å². The Kier molecular flexibility index (Phi) is 2.47. The third kappa shape index (κ3) is 1.80. The van der Waals surface area contributed by atoms with Gasteiger partial charge in [0.05, 0.1) is 4.92 Å². The Morgan fingerprint density at radius 3 is 2.47 bits per heavy atom. The fraction of sp³-hybridized carbons (Fsp3) is 0.500. The van der Waals surface area contributed by atoms with Crippen LogP contribution in [0.25, 0.3) is 0 Å². The summed E-state index contributed by atoms with van der Waals surface area (Å²) in [7, 11) is 0. The molecule has 1 aliphatic rings. The first kappa shape index (κ1) is 12.0. The van der Waals surface area contributed by atoms with Gasteiger partial charge in [-0.1, -0.05) is 6.07 Å². The number of hydrogen-bond acceptors (Lipinski definition) is 3. The molecule has 1 aromatic carbocycles. The van der Waals surface area contributed by atoms with E-state index in [1.807, 2.05) is 13.8 Å². The first-order valence-electron chi connectivity index (χ1n) is 5.51. The molecule has 1 aromatic rings. The molecule has 1 saturated carbocycles. The molecule has 2 rings (SSSR count). The van der Waals surface area contributed by atoms with Crippen molar-refractivity contribution in [2.75, 3.05) is 0 Å². The van der Waals surface area contributed by atoms with Crippen LogP contribution in [0.1, 0.15) is 32.3 Å².